The molecule has 35 heavy (non-hydrogen) atoms. The van der Waals surface area contributed by atoms with E-state index in [0.29, 0.717) is 36.0 Å². The third-order valence-corrected chi connectivity index (χ3v) is 5.83. The van der Waals surface area contributed by atoms with Crippen LogP contribution in [0.1, 0.15) is 31.7 Å². The number of halogens is 1. The number of hydrogen-bond acceptors (Lipinski definition) is 6. The number of carbonyl (C=O) groups excluding carboxylic acids is 1. The minimum Gasteiger partial charge on any atom is -0.454 e. The van der Waals surface area contributed by atoms with Gasteiger partial charge in [0, 0.05) is 31.8 Å². The van der Waals surface area contributed by atoms with Crippen LogP contribution in [0.2, 0.25) is 0 Å². The summed E-state index contributed by atoms with van der Waals surface area (Å²) < 4.78 is 27.2. The Morgan fingerprint density at radius 3 is 2.77 bits per heavy atom. The Balaban J connectivity index is 1.26. The predicted octanol–water partition coefficient (Wildman–Crippen LogP) is 3.02. The Morgan fingerprint density at radius 2 is 1.94 bits per heavy atom. The van der Waals surface area contributed by atoms with Gasteiger partial charge in [0.2, 0.25) is 18.3 Å². The Labute approximate surface area is 200 Å². The summed E-state index contributed by atoms with van der Waals surface area (Å²) in [6, 6.07) is 11.3. The first-order chi connectivity index (χ1) is 16.8. The molecule has 0 radical (unpaired) electrons. The molecule has 9 nitrogen and oxygen atoms in total. The van der Waals surface area contributed by atoms with Crippen LogP contribution in [-0.2, 0) is 17.8 Å². The number of fused-ring (bicyclic) bond motifs is 2. The first kappa shape index (κ1) is 22.6. The van der Waals surface area contributed by atoms with E-state index >= 15 is 0 Å². The van der Waals surface area contributed by atoms with E-state index in [1.807, 2.05) is 32.0 Å². The van der Waals surface area contributed by atoms with E-state index in [2.05, 4.69) is 15.5 Å². The van der Waals surface area contributed by atoms with Crippen molar-refractivity contribution < 1.29 is 18.7 Å². The predicted molar refractivity (Wildman–Crippen MR) is 125 cm³/mol. The monoisotopic (exact) mass is 477 g/mol. The van der Waals surface area contributed by atoms with Crippen molar-refractivity contribution in [3.05, 3.63) is 82.4 Å². The molecule has 0 bridgehead atoms. The Morgan fingerprint density at radius 1 is 1.11 bits per heavy atom. The lowest BCUT2D eigenvalue weighted by Crippen LogP contribution is -2.30. The fourth-order valence-electron chi connectivity index (χ4n) is 4.12. The molecule has 4 aromatic rings. The molecule has 1 N–H and O–H groups in total. The van der Waals surface area contributed by atoms with E-state index in [4.69, 9.17) is 9.47 Å². The summed E-state index contributed by atoms with van der Waals surface area (Å²) in [5.74, 6) is 1.40. The zero-order valence-corrected chi connectivity index (χ0v) is 19.3. The van der Waals surface area contributed by atoms with Gasteiger partial charge in [-0.1, -0.05) is 26.0 Å². The molecule has 0 saturated carbocycles. The molecular weight excluding hydrogens is 453 g/mol. The number of amides is 1. The van der Waals surface area contributed by atoms with Crippen molar-refractivity contribution in [3.8, 4) is 17.2 Å². The zero-order chi connectivity index (χ0) is 24.6. The van der Waals surface area contributed by atoms with Crippen LogP contribution in [0.4, 0.5) is 4.39 Å². The van der Waals surface area contributed by atoms with E-state index < -0.39 is 16.8 Å². The van der Waals surface area contributed by atoms with Gasteiger partial charge >= 0.3 is 5.56 Å². The first-order valence-corrected chi connectivity index (χ1v) is 11.2. The van der Waals surface area contributed by atoms with Crippen molar-refractivity contribution >= 4 is 11.6 Å². The molecular formula is C25H24FN5O4. The Hall–Kier alpha value is -4.21. The van der Waals surface area contributed by atoms with Crippen molar-refractivity contribution in [3.63, 3.8) is 0 Å². The third kappa shape index (κ3) is 4.72. The summed E-state index contributed by atoms with van der Waals surface area (Å²) in [6.07, 6.45) is 3.91. The van der Waals surface area contributed by atoms with Crippen LogP contribution in [0.15, 0.2) is 59.7 Å². The maximum Gasteiger partial charge on any atom is 0.300 e. The largest absolute Gasteiger partial charge is 0.454 e. The molecule has 1 aliphatic rings. The molecule has 0 unspecified atom stereocenters. The minimum atomic E-state index is -0.445. The van der Waals surface area contributed by atoms with Crippen molar-refractivity contribution in [2.75, 3.05) is 6.79 Å². The van der Waals surface area contributed by atoms with Crippen molar-refractivity contribution in [1.29, 1.82) is 0 Å². The Kier molecular flexibility index (Phi) is 5.72. The lowest BCUT2D eigenvalue weighted by atomic mass is 9.85. The second-order valence-electron chi connectivity index (χ2n) is 9.25. The summed E-state index contributed by atoms with van der Waals surface area (Å²) in [5, 5.41) is 11.2. The zero-order valence-electron chi connectivity index (χ0n) is 19.3. The molecule has 0 atom stereocenters. The highest BCUT2D eigenvalue weighted by atomic mass is 19.1. The van der Waals surface area contributed by atoms with E-state index in [-0.39, 0.29) is 24.8 Å². The fourth-order valence-corrected chi connectivity index (χ4v) is 4.12. The van der Waals surface area contributed by atoms with Gasteiger partial charge < -0.3 is 14.8 Å². The quantitative estimate of drug-likeness (QED) is 0.439. The summed E-state index contributed by atoms with van der Waals surface area (Å²) in [7, 11) is 0. The lowest BCUT2D eigenvalue weighted by molar-refractivity contribution is -0.123. The topological polar surface area (TPSA) is 99.8 Å². The van der Waals surface area contributed by atoms with Crippen molar-refractivity contribution in [2.24, 2.45) is 5.41 Å². The number of ether oxygens (including phenoxy) is 2. The van der Waals surface area contributed by atoms with Gasteiger partial charge in [0.05, 0.1) is 5.69 Å². The molecule has 10 heteroatoms. The molecule has 0 fully saturated rings. The lowest BCUT2D eigenvalue weighted by Gasteiger charge is -2.23. The smallest absolute Gasteiger partial charge is 0.300 e. The van der Waals surface area contributed by atoms with Gasteiger partial charge in [-0.3, -0.25) is 18.6 Å². The van der Waals surface area contributed by atoms with Gasteiger partial charge in [-0.2, -0.15) is 0 Å². The van der Waals surface area contributed by atoms with Crippen molar-refractivity contribution in [1.82, 2.24) is 24.5 Å². The van der Waals surface area contributed by atoms with E-state index in [1.54, 1.807) is 22.9 Å². The highest BCUT2D eigenvalue weighted by Gasteiger charge is 2.26. The second-order valence-corrected chi connectivity index (χ2v) is 9.25. The summed E-state index contributed by atoms with van der Waals surface area (Å²) in [4.78, 5) is 25.6. The number of carbonyl (C=O) groups is 1. The normalized spacial score (nSPS) is 12.8. The van der Waals surface area contributed by atoms with Crippen LogP contribution >= 0.6 is 0 Å². The summed E-state index contributed by atoms with van der Waals surface area (Å²) >= 11 is 0. The van der Waals surface area contributed by atoms with Gasteiger partial charge in [0.15, 0.2) is 11.5 Å². The second kappa shape index (κ2) is 8.86. The summed E-state index contributed by atoms with van der Waals surface area (Å²) in [6.45, 7) is 4.50. The highest BCUT2D eigenvalue weighted by molar-refractivity contribution is 5.76. The molecule has 2 aromatic carbocycles. The first-order valence-electron chi connectivity index (χ1n) is 11.2. The number of hydrogen-bond donors (Lipinski definition) is 1. The van der Waals surface area contributed by atoms with E-state index in [0.717, 1.165) is 5.56 Å². The van der Waals surface area contributed by atoms with Crippen LogP contribution in [-0.4, -0.2) is 31.9 Å². The van der Waals surface area contributed by atoms with E-state index in [9.17, 15) is 14.0 Å². The molecule has 1 amide bonds. The average molecular weight is 477 g/mol. The maximum atomic E-state index is 13.6. The molecule has 5 rings (SSSR count). The number of aromatic nitrogens is 4. The van der Waals surface area contributed by atoms with Crippen LogP contribution in [0.5, 0.6) is 11.5 Å². The SMILES string of the molecule is CC(C)(CC(=O)NCc1ccc2c(c1)OCO2)Cc1nnc2c(=O)n(-c3cccc(F)c3)ccn12. The van der Waals surface area contributed by atoms with Gasteiger partial charge in [-0.05, 0) is 41.3 Å². The number of benzene rings is 2. The molecule has 1 aliphatic heterocycles. The molecule has 3 heterocycles. The molecule has 0 spiro atoms. The third-order valence-electron chi connectivity index (χ3n) is 5.83. The molecule has 2 aromatic heterocycles. The fraction of sp³-hybridized carbons (Fsp3) is 0.280. The average Bonchev–Trinajstić information content (AvgIpc) is 3.44. The van der Waals surface area contributed by atoms with Gasteiger partial charge in [0.25, 0.3) is 0 Å². The standard InChI is InChI=1S/C25H24FN5O4/c1-25(2,13-22(32)27-14-16-6-7-19-20(10-16)35-15-34-19)12-21-28-29-23-24(33)30(8-9-31(21)23)18-5-3-4-17(26)11-18/h3-11H,12-15H2,1-2H3,(H,27,32). The van der Waals surface area contributed by atoms with Crippen LogP contribution in [0.25, 0.3) is 11.3 Å². The Bertz CT molecular complexity index is 1480. The highest BCUT2D eigenvalue weighted by Crippen LogP contribution is 2.32. The number of nitrogens with one attached hydrogen (secondary N) is 1. The molecule has 180 valence electrons. The van der Waals surface area contributed by atoms with Crippen LogP contribution in [0.3, 0.4) is 0 Å². The molecule has 0 saturated heterocycles. The van der Waals surface area contributed by atoms with Gasteiger partial charge in [-0.25, -0.2) is 4.39 Å². The van der Waals surface area contributed by atoms with Gasteiger partial charge in [0.1, 0.15) is 11.6 Å². The van der Waals surface area contributed by atoms with Gasteiger partial charge in [-0.15, -0.1) is 10.2 Å². The number of nitrogens with zero attached hydrogens (tertiary/aromatic N) is 4. The number of rotatable bonds is 7. The van der Waals surface area contributed by atoms with Crippen LogP contribution in [0, 0.1) is 11.2 Å². The van der Waals surface area contributed by atoms with Crippen molar-refractivity contribution in [2.45, 2.75) is 33.2 Å². The summed E-state index contributed by atoms with van der Waals surface area (Å²) in [5.41, 5.74) is 0.602. The minimum absolute atomic E-state index is 0.102. The van der Waals surface area contributed by atoms with Crippen LogP contribution < -0.4 is 20.3 Å². The van der Waals surface area contributed by atoms with E-state index in [1.165, 1.54) is 22.8 Å². The maximum absolute atomic E-state index is 13.6. The molecule has 0 aliphatic carbocycles.